The first-order valence-corrected chi connectivity index (χ1v) is 10.1. The molecule has 0 aliphatic carbocycles. The van der Waals surface area contributed by atoms with Crippen LogP contribution in [0, 0.1) is 5.41 Å². The lowest BCUT2D eigenvalue weighted by atomic mass is 9.72. The van der Waals surface area contributed by atoms with Crippen molar-refractivity contribution in [3.63, 3.8) is 0 Å². The monoisotopic (exact) mass is 380 g/mol. The first-order valence-electron chi connectivity index (χ1n) is 10.1. The third kappa shape index (κ3) is 4.08. The first kappa shape index (κ1) is 18.7. The third-order valence-electron chi connectivity index (χ3n) is 6.12. The number of anilines is 2. The van der Waals surface area contributed by atoms with E-state index in [1.165, 1.54) is 0 Å². The number of rotatable bonds is 5. The maximum Gasteiger partial charge on any atom is 0.227 e. The minimum atomic E-state index is 0.231. The molecule has 0 bridgehead atoms. The topological polar surface area (TPSA) is 74.2 Å². The quantitative estimate of drug-likeness (QED) is 0.858. The fourth-order valence-electron chi connectivity index (χ4n) is 4.33. The number of nitrogens with one attached hydrogen (secondary N) is 1. The summed E-state index contributed by atoms with van der Waals surface area (Å²) in [6.45, 7) is 3.50. The molecule has 2 aliphatic heterocycles. The molecule has 2 aliphatic rings. The van der Waals surface area contributed by atoms with Crippen molar-refractivity contribution in [3.8, 4) is 0 Å². The smallest absolute Gasteiger partial charge is 0.227 e. The zero-order valence-corrected chi connectivity index (χ0v) is 16.5. The number of pyridine rings is 1. The predicted octanol–water partition coefficient (Wildman–Crippen LogP) is 2.37. The van der Waals surface area contributed by atoms with E-state index in [4.69, 9.17) is 0 Å². The average molecular weight is 380 g/mol. The van der Waals surface area contributed by atoms with Gasteiger partial charge in [-0.25, -0.2) is 4.98 Å². The molecule has 28 heavy (non-hydrogen) atoms. The van der Waals surface area contributed by atoms with Crippen LogP contribution in [0.5, 0.6) is 0 Å². The summed E-state index contributed by atoms with van der Waals surface area (Å²) in [6.07, 6.45) is 8.25. The van der Waals surface area contributed by atoms with Crippen molar-refractivity contribution >= 4 is 17.7 Å². The van der Waals surface area contributed by atoms with Gasteiger partial charge in [0.15, 0.2) is 0 Å². The molecule has 0 radical (unpaired) electrons. The molecule has 2 fully saturated rings. The summed E-state index contributed by atoms with van der Waals surface area (Å²) in [5.41, 5.74) is 1.28. The van der Waals surface area contributed by atoms with Crippen LogP contribution in [0.15, 0.2) is 36.7 Å². The average Bonchev–Trinajstić information content (AvgIpc) is 2.76. The number of hydrogen-bond acceptors (Lipinski definition) is 6. The molecule has 7 nitrogen and oxygen atoms in total. The molecule has 4 rings (SSSR count). The second-order valence-electron chi connectivity index (χ2n) is 7.87. The maximum absolute atomic E-state index is 12.5. The summed E-state index contributed by atoms with van der Waals surface area (Å²) < 4.78 is 0. The van der Waals surface area contributed by atoms with Crippen molar-refractivity contribution in [3.05, 3.63) is 42.4 Å². The van der Waals surface area contributed by atoms with Crippen LogP contribution in [-0.4, -0.2) is 59.0 Å². The minimum absolute atomic E-state index is 0.231. The number of amides is 1. The zero-order chi connectivity index (χ0) is 19.4. The van der Waals surface area contributed by atoms with Crippen LogP contribution in [-0.2, 0) is 11.2 Å². The van der Waals surface area contributed by atoms with Crippen LogP contribution >= 0.6 is 0 Å². The van der Waals surface area contributed by atoms with E-state index in [-0.39, 0.29) is 11.3 Å². The molecule has 1 spiro atoms. The van der Waals surface area contributed by atoms with Gasteiger partial charge in [0.25, 0.3) is 0 Å². The summed E-state index contributed by atoms with van der Waals surface area (Å²) in [5.74, 6) is 1.92. The summed E-state index contributed by atoms with van der Waals surface area (Å²) in [4.78, 5) is 30.2. The third-order valence-corrected chi connectivity index (χ3v) is 6.12. The van der Waals surface area contributed by atoms with Crippen molar-refractivity contribution in [2.45, 2.75) is 32.1 Å². The van der Waals surface area contributed by atoms with E-state index >= 15 is 0 Å². The number of aromatic nitrogens is 3. The van der Waals surface area contributed by atoms with Gasteiger partial charge < -0.3 is 15.1 Å². The van der Waals surface area contributed by atoms with E-state index in [2.05, 4.69) is 30.1 Å². The molecule has 0 atom stereocenters. The number of carbonyl (C=O) groups excluding carboxylic acids is 1. The van der Waals surface area contributed by atoms with Crippen molar-refractivity contribution in [1.29, 1.82) is 0 Å². The molecule has 1 N–H and O–H groups in total. The molecule has 2 saturated heterocycles. The molecular formula is C21H28N6O. The molecule has 148 valence electrons. The number of likely N-dealkylation sites (tertiary alicyclic amines) is 1. The lowest BCUT2D eigenvalue weighted by Gasteiger charge is -2.47. The van der Waals surface area contributed by atoms with Crippen LogP contribution in [0.4, 0.5) is 11.8 Å². The first-order chi connectivity index (χ1) is 13.7. The standard InChI is InChI=1S/C21H28N6O/c1-22-18-6-12-24-20(25-18)26-14-9-21(10-15-26)8-5-19(28)27(16-21)13-7-17-4-2-3-11-23-17/h2-4,6,11-12H,5,7-10,13-16H2,1H3,(H,22,24,25). The van der Waals surface area contributed by atoms with Crippen molar-refractivity contribution in [1.82, 2.24) is 19.9 Å². The molecule has 2 aromatic rings. The predicted molar refractivity (Wildman–Crippen MR) is 109 cm³/mol. The Balaban J connectivity index is 1.36. The molecular weight excluding hydrogens is 352 g/mol. The highest BCUT2D eigenvalue weighted by Crippen LogP contribution is 2.40. The highest BCUT2D eigenvalue weighted by atomic mass is 16.2. The highest BCUT2D eigenvalue weighted by molar-refractivity contribution is 5.77. The van der Waals surface area contributed by atoms with Gasteiger partial charge >= 0.3 is 0 Å². The van der Waals surface area contributed by atoms with E-state index in [0.29, 0.717) is 6.42 Å². The fourth-order valence-corrected chi connectivity index (χ4v) is 4.33. The van der Waals surface area contributed by atoms with Gasteiger partial charge in [-0.1, -0.05) is 6.07 Å². The van der Waals surface area contributed by atoms with Gasteiger partial charge in [0.2, 0.25) is 11.9 Å². The Morgan fingerprint density at radius 2 is 1.96 bits per heavy atom. The van der Waals surface area contributed by atoms with Gasteiger partial charge in [-0.15, -0.1) is 0 Å². The minimum Gasteiger partial charge on any atom is -0.373 e. The van der Waals surface area contributed by atoms with Crippen LogP contribution < -0.4 is 10.2 Å². The number of carbonyl (C=O) groups is 1. The van der Waals surface area contributed by atoms with E-state index in [1.807, 2.05) is 37.5 Å². The maximum atomic E-state index is 12.5. The van der Waals surface area contributed by atoms with Gasteiger partial charge in [0.1, 0.15) is 5.82 Å². The Morgan fingerprint density at radius 1 is 1.11 bits per heavy atom. The van der Waals surface area contributed by atoms with Crippen LogP contribution in [0.1, 0.15) is 31.4 Å². The largest absolute Gasteiger partial charge is 0.373 e. The molecule has 0 aromatic carbocycles. The number of piperidine rings is 2. The van der Waals surface area contributed by atoms with Crippen LogP contribution in [0.25, 0.3) is 0 Å². The lowest BCUT2D eigenvalue weighted by molar-refractivity contribution is -0.138. The SMILES string of the molecule is CNc1ccnc(N2CCC3(CCC(=O)N(CCc4ccccn4)C3)CC2)n1. The zero-order valence-electron chi connectivity index (χ0n) is 16.5. The van der Waals surface area contributed by atoms with Crippen LogP contribution in [0.3, 0.4) is 0 Å². The van der Waals surface area contributed by atoms with Gasteiger partial charge in [0, 0.05) is 64.2 Å². The fraction of sp³-hybridized carbons (Fsp3) is 0.524. The lowest BCUT2D eigenvalue weighted by Crippen LogP contribution is -2.52. The van der Waals surface area contributed by atoms with Gasteiger partial charge in [-0.2, -0.15) is 4.98 Å². The van der Waals surface area contributed by atoms with E-state index in [9.17, 15) is 4.79 Å². The van der Waals surface area contributed by atoms with E-state index in [0.717, 1.165) is 69.3 Å². The Hall–Kier alpha value is -2.70. The molecule has 4 heterocycles. The molecule has 2 aromatic heterocycles. The number of nitrogens with zero attached hydrogens (tertiary/aromatic N) is 5. The summed E-state index contributed by atoms with van der Waals surface area (Å²) in [5, 5.41) is 3.07. The second kappa shape index (κ2) is 8.12. The Bertz CT molecular complexity index is 804. The Kier molecular flexibility index (Phi) is 5.41. The summed E-state index contributed by atoms with van der Waals surface area (Å²) in [7, 11) is 1.87. The van der Waals surface area contributed by atoms with Crippen molar-refractivity contribution in [2.75, 3.05) is 43.4 Å². The van der Waals surface area contributed by atoms with Gasteiger partial charge in [-0.3, -0.25) is 9.78 Å². The molecule has 0 saturated carbocycles. The van der Waals surface area contributed by atoms with E-state index in [1.54, 1.807) is 6.20 Å². The Labute approximate surface area is 166 Å². The molecule has 7 heteroatoms. The molecule has 1 amide bonds. The normalized spacial score (nSPS) is 19.1. The Morgan fingerprint density at radius 3 is 2.71 bits per heavy atom. The number of hydrogen-bond donors (Lipinski definition) is 1. The summed E-state index contributed by atoms with van der Waals surface area (Å²) in [6, 6.07) is 7.83. The van der Waals surface area contributed by atoms with Crippen molar-refractivity contribution < 1.29 is 4.79 Å². The molecule has 0 unspecified atom stereocenters. The van der Waals surface area contributed by atoms with Gasteiger partial charge in [-0.05, 0) is 42.9 Å². The van der Waals surface area contributed by atoms with Gasteiger partial charge in [0.05, 0.1) is 0 Å². The van der Waals surface area contributed by atoms with Crippen LogP contribution in [0.2, 0.25) is 0 Å². The van der Waals surface area contributed by atoms with Crippen molar-refractivity contribution in [2.24, 2.45) is 5.41 Å². The summed E-state index contributed by atoms with van der Waals surface area (Å²) >= 11 is 0. The van der Waals surface area contributed by atoms with E-state index < -0.39 is 0 Å². The highest BCUT2D eigenvalue weighted by Gasteiger charge is 2.41. The second-order valence-corrected chi connectivity index (χ2v) is 7.87.